The molecule has 0 fully saturated rings. The van der Waals surface area contributed by atoms with Crippen LogP contribution in [0, 0.1) is 16.4 Å². The van der Waals surface area contributed by atoms with Crippen LogP contribution in [0.1, 0.15) is 25.0 Å². The maximum Gasteiger partial charge on any atom is 0.0208 e. The van der Waals surface area contributed by atoms with Gasteiger partial charge in [-0.25, -0.2) is 0 Å². The van der Waals surface area contributed by atoms with Crippen LogP contribution in [-0.4, -0.2) is 0 Å². The molecule has 0 atom stereocenters. The van der Waals surface area contributed by atoms with Crippen molar-refractivity contribution in [3.05, 3.63) is 57.2 Å². The molecule has 0 aliphatic carbocycles. The molecule has 0 spiro atoms. The van der Waals surface area contributed by atoms with E-state index in [1.54, 1.807) is 0 Å². The van der Waals surface area contributed by atoms with Gasteiger partial charge in [0.05, 0.1) is 0 Å². The van der Waals surface area contributed by atoms with Crippen molar-refractivity contribution in [2.24, 2.45) is 5.92 Å². The molecular weight excluding hydrogens is 331 g/mol. The summed E-state index contributed by atoms with van der Waals surface area (Å²) in [7, 11) is 0. The average Bonchev–Trinajstić information content (AvgIpc) is 2.32. The zero-order valence-electron chi connectivity index (χ0n) is 11.2. The molecule has 0 bridgehead atoms. The zero-order valence-corrected chi connectivity index (χ0v) is 13.4. The van der Waals surface area contributed by atoms with Crippen molar-refractivity contribution in [2.75, 3.05) is 0 Å². The van der Waals surface area contributed by atoms with Crippen LogP contribution in [0.3, 0.4) is 0 Å². The van der Waals surface area contributed by atoms with E-state index < -0.39 is 0 Å². The van der Waals surface area contributed by atoms with Gasteiger partial charge in [0.1, 0.15) is 0 Å². The zero-order chi connectivity index (χ0) is 13.1. The summed E-state index contributed by atoms with van der Waals surface area (Å²) >= 11 is 2.42. The number of hydrogen-bond donors (Lipinski definition) is 0. The molecule has 0 radical (unpaired) electrons. The highest BCUT2D eigenvalue weighted by Gasteiger charge is 2.05. The molecule has 0 amide bonds. The maximum atomic E-state index is 2.42. The van der Waals surface area contributed by atoms with E-state index in [-0.39, 0.29) is 0 Å². The highest BCUT2D eigenvalue weighted by atomic mass is 127. The molecule has 0 saturated carbocycles. The lowest BCUT2D eigenvalue weighted by Gasteiger charge is -2.10. The van der Waals surface area contributed by atoms with Gasteiger partial charge in [-0.05, 0) is 64.6 Å². The molecule has 0 unspecified atom stereocenters. The first-order valence-electron chi connectivity index (χ1n) is 6.41. The van der Waals surface area contributed by atoms with Gasteiger partial charge in [-0.15, -0.1) is 0 Å². The van der Waals surface area contributed by atoms with Crippen molar-refractivity contribution in [2.45, 2.75) is 27.2 Å². The van der Waals surface area contributed by atoms with Crippen molar-refractivity contribution >= 4 is 22.6 Å². The molecule has 18 heavy (non-hydrogen) atoms. The molecule has 2 aromatic rings. The molecule has 0 saturated heterocycles. The van der Waals surface area contributed by atoms with Crippen molar-refractivity contribution in [3.8, 4) is 11.1 Å². The second-order valence-corrected chi connectivity index (χ2v) is 6.44. The average molecular weight is 350 g/mol. The number of benzene rings is 2. The third kappa shape index (κ3) is 3.35. The lowest BCUT2D eigenvalue weighted by molar-refractivity contribution is 0.647. The van der Waals surface area contributed by atoms with E-state index in [1.165, 1.54) is 25.8 Å². The van der Waals surface area contributed by atoms with Crippen LogP contribution < -0.4 is 0 Å². The summed E-state index contributed by atoms with van der Waals surface area (Å²) in [4.78, 5) is 0. The first kappa shape index (κ1) is 13.6. The number of rotatable bonds is 3. The van der Waals surface area contributed by atoms with E-state index in [9.17, 15) is 0 Å². The normalized spacial score (nSPS) is 10.9. The van der Waals surface area contributed by atoms with Crippen LogP contribution in [0.2, 0.25) is 0 Å². The van der Waals surface area contributed by atoms with E-state index in [2.05, 4.69) is 85.8 Å². The largest absolute Gasteiger partial charge is 0.0625 e. The van der Waals surface area contributed by atoms with E-state index in [0.717, 1.165) is 6.42 Å². The Bertz CT molecular complexity index is 524. The first-order chi connectivity index (χ1) is 8.56. The topological polar surface area (TPSA) is 0 Å². The van der Waals surface area contributed by atoms with Crippen LogP contribution in [0.5, 0.6) is 0 Å². The molecule has 0 heterocycles. The Labute approximate surface area is 124 Å². The predicted molar refractivity (Wildman–Crippen MR) is 87.9 cm³/mol. The third-order valence-electron chi connectivity index (χ3n) is 3.04. The SMILES string of the molecule is Cc1ccc(-c2cc(CC(C)C)ccc2I)cc1. The smallest absolute Gasteiger partial charge is 0.0208 e. The summed E-state index contributed by atoms with van der Waals surface area (Å²) in [6.07, 6.45) is 1.15. The van der Waals surface area contributed by atoms with Crippen molar-refractivity contribution in [1.82, 2.24) is 0 Å². The number of halogens is 1. The van der Waals surface area contributed by atoms with Crippen molar-refractivity contribution in [3.63, 3.8) is 0 Å². The molecule has 2 rings (SSSR count). The van der Waals surface area contributed by atoms with Crippen molar-refractivity contribution < 1.29 is 0 Å². The Balaban J connectivity index is 2.39. The van der Waals surface area contributed by atoms with Gasteiger partial charge in [0, 0.05) is 3.57 Å². The molecule has 2 aromatic carbocycles. The number of aryl methyl sites for hydroxylation is 1. The van der Waals surface area contributed by atoms with E-state index >= 15 is 0 Å². The minimum absolute atomic E-state index is 0.705. The summed E-state index contributed by atoms with van der Waals surface area (Å²) in [6, 6.07) is 15.6. The van der Waals surface area contributed by atoms with Crippen LogP contribution in [0.25, 0.3) is 11.1 Å². The van der Waals surface area contributed by atoms with Gasteiger partial charge in [-0.1, -0.05) is 55.8 Å². The van der Waals surface area contributed by atoms with Crippen LogP contribution >= 0.6 is 22.6 Å². The Kier molecular flexibility index (Phi) is 4.44. The van der Waals surface area contributed by atoms with Crippen LogP contribution in [-0.2, 0) is 6.42 Å². The number of hydrogen-bond acceptors (Lipinski definition) is 0. The van der Waals surface area contributed by atoms with Gasteiger partial charge in [-0.3, -0.25) is 0 Å². The Hall–Kier alpha value is -0.830. The summed E-state index contributed by atoms with van der Waals surface area (Å²) in [6.45, 7) is 6.66. The predicted octanol–water partition coefficient (Wildman–Crippen LogP) is 5.47. The van der Waals surface area contributed by atoms with Gasteiger partial charge in [0.25, 0.3) is 0 Å². The minimum atomic E-state index is 0.705. The summed E-state index contributed by atoms with van der Waals surface area (Å²) in [5, 5.41) is 0. The fraction of sp³-hybridized carbons (Fsp3) is 0.294. The monoisotopic (exact) mass is 350 g/mol. The quantitative estimate of drug-likeness (QED) is 0.645. The second kappa shape index (κ2) is 5.87. The lowest BCUT2D eigenvalue weighted by Crippen LogP contribution is -1.95. The molecule has 0 aliphatic heterocycles. The Morgan fingerprint density at radius 2 is 1.67 bits per heavy atom. The first-order valence-corrected chi connectivity index (χ1v) is 7.49. The molecular formula is C17H19I. The summed E-state index contributed by atoms with van der Waals surface area (Å²) in [5.41, 5.74) is 5.41. The van der Waals surface area contributed by atoms with Crippen LogP contribution in [0.4, 0.5) is 0 Å². The minimum Gasteiger partial charge on any atom is -0.0625 e. The fourth-order valence-corrected chi connectivity index (χ4v) is 2.77. The van der Waals surface area contributed by atoms with Crippen molar-refractivity contribution in [1.29, 1.82) is 0 Å². The molecule has 0 nitrogen and oxygen atoms in total. The van der Waals surface area contributed by atoms with Gasteiger partial charge < -0.3 is 0 Å². The highest BCUT2D eigenvalue weighted by molar-refractivity contribution is 14.1. The second-order valence-electron chi connectivity index (χ2n) is 5.28. The lowest BCUT2D eigenvalue weighted by atomic mass is 9.97. The van der Waals surface area contributed by atoms with E-state index in [0.29, 0.717) is 5.92 Å². The van der Waals surface area contributed by atoms with Crippen LogP contribution in [0.15, 0.2) is 42.5 Å². The van der Waals surface area contributed by atoms with Gasteiger partial charge >= 0.3 is 0 Å². The Morgan fingerprint density at radius 1 is 1.00 bits per heavy atom. The Morgan fingerprint density at radius 3 is 2.28 bits per heavy atom. The molecule has 0 aliphatic rings. The summed E-state index contributed by atoms with van der Waals surface area (Å²) in [5.74, 6) is 0.705. The highest BCUT2D eigenvalue weighted by Crippen LogP contribution is 2.27. The summed E-state index contributed by atoms with van der Waals surface area (Å²) < 4.78 is 1.32. The fourth-order valence-electron chi connectivity index (χ4n) is 2.13. The van der Waals surface area contributed by atoms with Gasteiger partial charge in [0.15, 0.2) is 0 Å². The van der Waals surface area contributed by atoms with Gasteiger partial charge in [-0.2, -0.15) is 0 Å². The molecule has 0 N–H and O–H groups in total. The van der Waals surface area contributed by atoms with Gasteiger partial charge in [0.2, 0.25) is 0 Å². The maximum absolute atomic E-state index is 2.42. The molecule has 94 valence electrons. The molecule has 0 aromatic heterocycles. The van der Waals surface area contributed by atoms with E-state index in [4.69, 9.17) is 0 Å². The van der Waals surface area contributed by atoms with E-state index in [1.807, 2.05) is 0 Å². The third-order valence-corrected chi connectivity index (χ3v) is 3.98. The molecule has 1 heteroatoms. The standard InChI is InChI=1S/C17H19I/c1-12(2)10-14-6-9-17(18)16(11-14)15-7-4-13(3)5-8-15/h4-9,11-12H,10H2,1-3H3.